The van der Waals surface area contributed by atoms with E-state index < -0.39 is 5.91 Å². The highest BCUT2D eigenvalue weighted by Crippen LogP contribution is 2.42. The van der Waals surface area contributed by atoms with Crippen molar-refractivity contribution in [2.45, 2.75) is 44.6 Å². The first-order valence-corrected chi connectivity index (χ1v) is 8.75. The van der Waals surface area contributed by atoms with Crippen LogP contribution in [0.4, 0.5) is 5.82 Å². The number of rotatable bonds is 6. The molecular formula is C18H22N6O2. The molecule has 3 heterocycles. The van der Waals surface area contributed by atoms with Crippen molar-refractivity contribution >= 4 is 22.8 Å². The molecule has 26 heavy (non-hydrogen) atoms. The van der Waals surface area contributed by atoms with E-state index in [1.807, 2.05) is 18.5 Å². The summed E-state index contributed by atoms with van der Waals surface area (Å²) in [6.45, 7) is 4.15. The fraction of sp³-hybridized carbons (Fsp3) is 0.444. The average molecular weight is 354 g/mol. The second-order valence-electron chi connectivity index (χ2n) is 7.18. The number of nitrogens with two attached hydrogens (primary N) is 1. The molecule has 1 aliphatic rings. The van der Waals surface area contributed by atoms with Crippen molar-refractivity contribution in [3.05, 3.63) is 35.9 Å². The number of nitrogens with zero attached hydrogens (tertiary/aromatic N) is 4. The number of fused-ring (bicyclic) bond motifs is 1. The topological polar surface area (TPSA) is 112 Å². The van der Waals surface area contributed by atoms with Gasteiger partial charge in [0.15, 0.2) is 0 Å². The number of carbonyl (C=O) groups is 1. The summed E-state index contributed by atoms with van der Waals surface area (Å²) in [7, 11) is 1.91. The zero-order valence-corrected chi connectivity index (χ0v) is 15.1. The molecule has 136 valence electrons. The van der Waals surface area contributed by atoms with E-state index in [0.29, 0.717) is 28.2 Å². The Morgan fingerprint density at radius 1 is 1.46 bits per heavy atom. The van der Waals surface area contributed by atoms with Crippen LogP contribution in [0.25, 0.3) is 11.1 Å². The quantitative estimate of drug-likeness (QED) is 0.703. The van der Waals surface area contributed by atoms with E-state index in [9.17, 15) is 4.79 Å². The van der Waals surface area contributed by atoms with Crippen LogP contribution in [-0.2, 0) is 7.05 Å². The molecule has 0 bridgehead atoms. The largest absolute Gasteiger partial charge is 0.441 e. The molecule has 1 aliphatic carbocycles. The summed E-state index contributed by atoms with van der Waals surface area (Å²) in [5.41, 5.74) is 7.42. The summed E-state index contributed by atoms with van der Waals surface area (Å²) in [5.74, 6) is 0.420. The number of nitrogens with one attached hydrogen (secondary N) is 1. The summed E-state index contributed by atoms with van der Waals surface area (Å²) in [4.78, 5) is 25.1. The van der Waals surface area contributed by atoms with Gasteiger partial charge in [-0.2, -0.15) is 0 Å². The number of hydrogen-bond acceptors (Lipinski definition) is 6. The van der Waals surface area contributed by atoms with Crippen LogP contribution < -0.4 is 11.1 Å². The number of imidazole rings is 1. The third kappa shape index (κ3) is 2.61. The summed E-state index contributed by atoms with van der Waals surface area (Å²) in [6.07, 6.45) is 7.80. The molecule has 0 aromatic carbocycles. The molecule has 3 aromatic rings. The van der Waals surface area contributed by atoms with Crippen LogP contribution in [-0.4, -0.2) is 31.0 Å². The van der Waals surface area contributed by atoms with Crippen molar-refractivity contribution in [2.24, 2.45) is 12.8 Å². The number of amides is 1. The van der Waals surface area contributed by atoms with Crippen LogP contribution in [0, 0.1) is 0 Å². The Kier molecular flexibility index (Phi) is 3.71. The number of hydrogen-bond donors (Lipinski definition) is 2. The van der Waals surface area contributed by atoms with E-state index in [0.717, 1.165) is 25.0 Å². The number of furan rings is 1. The maximum Gasteiger partial charge on any atom is 0.253 e. The van der Waals surface area contributed by atoms with Gasteiger partial charge in [0, 0.05) is 24.5 Å². The zero-order valence-electron chi connectivity index (χ0n) is 15.1. The van der Waals surface area contributed by atoms with E-state index in [2.05, 4.69) is 27.2 Å². The maximum absolute atomic E-state index is 12.4. The lowest BCUT2D eigenvalue weighted by Gasteiger charge is -2.15. The smallest absolute Gasteiger partial charge is 0.253 e. The molecule has 3 N–H and O–H groups in total. The summed E-state index contributed by atoms with van der Waals surface area (Å²) < 4.78 is 7.95. The molecule has 1 unspecified atom stereocenters. The first-order valence-electron chi connectivity index (χ1n) is 8.75. The Morgan fingerprint density at radius 2 is 2.23 bits per heavy atom. The van der Waals surface area contributed by atoms with Gasteiger partial charge in [-0.3, -0.25) is 4.79 Å². The molecule has 1 atom stereocenters. The molecule has 1 fully saturated rings. The van der Waals surface area contributed by atoms with Crippen molar-refractivity contribution in [1.29, 1.82) is 0 Å². The minimum atomic E-state index is -0.543. The van der Waals surface area contributed by atoms with Crippen molar-refractivity contribution in [3.8, 4) is 0 Å². The summed E-state index contributed by atoms with van der Waals surface area (Å²) in [5, 5.41) is 3.97. The lowest BCUT2D eigenvalue weighted by atomic mass is 9.95. The van der Waals surface area contributed by atoms with Gasteiger partial charge in [0.05, 0.1) is 23.2 Å². The van der Waals surface area contributed by atoms with E-state index in [4.69, 9.17) is 10.2 Å². The third-order valence-electron chi connectivity index (χ3n) is 5.12. The second-order valence-corrected chi connectivity index (χ2v) is 7.18. The normalized spacial score (nSPS) is 16.6. The molecule has 0 aliphatic heterocycles. The third-order valence-corrected chi connectivity index (χ3v) is 5.12. The van der Waals surface area contributed by atoms with Gasteiger partial charge >= 0.3 is 0 Å². The molecule has 0 spiro atoms. The predicted molar refractivity (Wildman–Crippen MR) is 96.9 cm³/mol. The highest BCUT2D eigenvalue weighted by Gasteiger charge is 2.39. The average Bonchev–Trinajstić information content (AvgIpc) is 3.01. The van der Waals surface area contributed by atoms with E-state index in [1.165, 1.54) is 6.33 Å². The van der Waals surface area contributed by atoms with E-state index >= 15 is 0 Å². The predicted octanol–water partition coefficient (Wildman–Crippen LogP) is 2.56. The summed E-state index contributed by atoms with van der Waals surface area (Å²) >= 11 is 0. The Morgan fingerprint density at radius 3 is 2.81 bits per heavy atom. The Hall–Kier alpha value is -2.90. The minimum absolute atomic E-state index is 0.000170. The van der Waals surface area contributed by atoms with E-state index in [1.54, 1.807) is 12.5 Å². The summed E-state index contributed by atoms with van der Waals surface area (Å²) in [6, 6.07) is 0. The zero-order chi connectivity index (χ0) is 18.5. The van der Waals surface area contributed by atoms with Gasteiger partial charge in [0.25, 0.3) is 5.91 Å². The Bertz CT molecular complexity index is 985. The monoisotopic (exact) mass is 354 g/mol. The molecule has 3 aromatic heterocycles. The first-order chi connectivity index (χ1) is 12.4. The first kappa shape index (κ1) is 16.6. The molecule has 8 heteroatoms. The number of aromatic nitrogens is 4. The van der Waals surface area contributed by atoms with Crippen LogP contribution in [0.3, 0.4) is 0 Å². The fourth-order valence-corrected chi connectivity index (χ4v) is 3.37. The van der Waals surface area contributed by atoms with Crippen LogP contribution in [0.5, 0.6) is 0 Å². The molecule has 1 saturated carbocycles. The maximum atomic E-state index is 12.4. The van der Waals surface area contributed by atoms with Gasteiger partial charge in [-0.05, 0) is 26.2 Å². The van der Waals surface area contributed by atoms with Gasteiger partial charge in [-0.15, -0.1) is 0 Å². The van der Waals surface area contributed by atoms with Crippen LogP contribution in [0.1, 0.15) is 60.8 Å². The molecule has 0 saturated heterocycles. The molecule has 0 radical (unpaired) electrons. The van der Waals surface area contributed by atoms with E-state index in [-0.39, 0.29) is 11.5 Å². The lowest BCUT2D eigenvalue weighted by Crippen LogP contribution is -2.19. The van der Waals surface area contributed by atoms with Gasteiger partial charge in [-0.1, -0.05) is 6.92 Å². The van der Waals surface area contributed by atoms with Crippen molar-refractivity contribution in [3.63, 3.8) is 0 Å². The standard InChI is InChI=1S/C18H22N6O2/c1-4-10(11-7-20-9-24(11)3)14-12(15(19)25)13-16(23-18(2)5-6-18)21-8-22-17(13)26-14/h7-10H,4-6H2,1-3H3,(H2,19,25)(H,21,22,23). The minimum Gasteiger partial charge on any atom is -0.441 e. The molecular weight excluding hydrogens is 332 g/mol. The van der Waals surface area contributed by atoms with Crippen molar-refractivity contribution in [1.82, 2.24) is 19.5 Å². The Labute approximate surface area is 150 Å². The molecule has 8 nitrogen and oxygen atoms in total. The van der Waals surface area contributed by atoms with Crippen LogP contribution in [0.2, 0.25) is 0 Å². The fourth-order valence-electron chi connectivity index (χ4n) is 3.37. The number of primary amides is 1. The molecule has 1 amide bonds. The number of aryl methyl sites for hydroxylation is 1. The Balaban J connectivity index is 1.92. The van der Waals surface area contributed by atoms with Crippen molar-refractivity contribution < 1.29 is 9.21 Å². The van der Waals surface area contributed by atoms with Gasteiger partial charge in [0.1, 0.15) is 17.9 Å². The molecule has 4 rings (SSSR count). The SMILES string of the molecule is CCC(c1oc2ncnc(NC3(C)CC3)c2c1C(N)=O)c1cncn1C. The highest BCUT2D eigenvalue weighted by atomic mass is 16.3. The highest BCUT2D eigenvalue weighted by molar-refractivity contribution is 6.09. The van der Waals surface area contributed by atoms with Crippen LogP contribution in [0.15, 0.2) is 23.3 Å². The number of anilines is 1. The van der Waals surface area contributed by atoms with Crippen molar-refractivity contribution in [2.75, 3.05) is 5.32 Å². The van der Waals surface area contributed by atoms with Crippen LogP contribution >= 0.6 is 0 Å². The lowest BCUT2D eigenvalue weighted by molar-refractivity contribution is 0.0999. The van der Waals surface area contributed by atoms with Gasteiger partial charge in [0.2, 0.25) is 5.71 Å². The van der Waals surface area contributed by atoms with Gasteiger partial charge < -0.3 is 20.0 Å². The second kappa shape index (κ2) is 5.82. The van der Waals surface area contributed by atoms with Gasteiger partial charge in [-0.25, -0.2) is 15.0 Å². The number of carbonyl (C=O) groups excluding carboxylic acids is 1.